The molecule has 2 amide bonds. The van der Waals surface area contributed by atoms with Crippen molar-refractivity contribution in [1.82, 2.24) is 34.1 Å². The molecule has 2 fully saturated rings. The van der Waals surface area contributed by atoms with Crippen LogP contribution in [0.4, 0.5) is 16.2 Å². The molecule has 62 heavy (non-hydrogen) atoms. The van der Waals surface area contributed by atoms with E-state index in [0.717, 1.165) is 115 Å². The van der Waals surface area contributed by atoms with E-state index in [2.05, 4.69) is 47.2 Å². The number of amides is 2. The number of nitrogens with zero attached hydrogens (tertiary/aromatic N) is 7. The summed E-state index contributed by atoms with van der Waals surface area (Å²) in [6.07, 6.45) is 22.9. The molecule has 2 saturated heterocycles. The first-order chi connectivity index (χ1) is 29.9. The van der Waals surface area contributed by atoms with Gasteiger partial charge in [0.2, 0.25) is 6.08 Å². The Labute approximate surface area is 364 Å². The zero-order valence-corrected chi connectivity index (χ0v) is 37.0. The Bertz CT molecular complexity index is 2490. The van der Waals surface area contributed by atoms with E-state index in [-0.39, 0.29) is 10.1 Å². The average Bonchev–Trinajstić information content (AvgIpc) is 4.10. The molecular formula is C44H58N10O6S2. The number of likely N-dealkylation sites (tertiary alicyclic amines) is 2. The first-order valence-electron chi connectivity index (χ1n) is 22.2. The highest BCUT2D eigenvalue weighted by Crippen LogP contribution is 2.40. The maximum Gasteiger partial charge on any atom is 0.333 e. The molecule has 4 aromatic rings. The van der Waals surface area contributed by atoms with E-state index in [0.29, 0.717) is 13.1 Å². The minimum atomic E-state index is -4.03. The number of sulfonamides is 2. The number of carbonyl (C=O) groups is 1. The lowest BCUT2D eigenvalue weighted by molar-refractivity contribution is 0.256. The molecule has 0 spiro atoms. The normalized spacial score (nSPS) is 17.9. The van der Waals surface area contributed by atoms with Crippen LogP contribution in [0.5, 0.6) is 0 Å². The number of carbonyl (C=O) groups excluding carboxylic acids is 2. The van der Waals surface area contributed by atoms with Crippen molar-refractivity contribution in [3.8, 4) is 0 Å². The van der Waals surface area contributed by atoms with Gasteiger partial charge in [-0.15, -0.1) is 0 Å². The average molecular weight is 887 g/mol. The molecule has 0 saturated carbocycles. The molecular weight excluding hydrogens is 829 g/mol. The number of hydrogen-bond donors (Lipinski definition) is 3. The Morgan fingerprint density at radius 2 is 1.06 bits per heavy atom. The highest BCUT2D eigenvalue weighted by atomic mass is 32.2. The molecule has 4 aliphatic carbocycles. The van der Waals surface area contributed by atoms with Crippen LogP contribution in [-0.2, 0) is 89.3 Å². The Morgan fingerprint density at radius 3 is 1.52 bits per heavy atom. The van der Waals surface area contributed by atoms with Crippen LogP contribution in [0, 0.1) is 0 Å². The molecule has 2 aromatic carbocycles. The van der Waals surface area contributed by atoms with E-state index in [4.69, 9.17) is 5.14 Å². The molecule has 10 rings (SSSR count). The molecule has 0 unspecified atom stereocenters. The predicted octanol–water partition coefficient (Wildman–Crippen LogP) is 4.72. The summed E-state index contributed by atoms with van der Waals surface area (Å²) in [6.45, 7) is 7.51. The van der Waals surface area contributed by atoms with Crippen LogP contribution >= 0.6 is 0 Å². The third-order valence-corrected chi connectivity index (χ3v) is 15.0. The number of hydrogen-bond acceptors (Lipinski definition) is 11. The summed E-state index contributed by atoms with van der Waals surface area (Å²) in [5.41, 5.74) is 12.2. The number of rotatable bonds is 11. The highest BCUT2D eigenvalue weighted by molar-refractivity contribution is 7.90. The van der Waals surface area contributed by atoms with Gasteiger partial charge < -0.3 is 15.1 Å². The van der Waals surface area contributed by atoms with Crippen molar-refractivity contribution in [3.05, 3.63) is 81.2 Å². The van der Waals surface area contributed by atoms with Crippen LogP contribution < -0.4 is 15.2 Å². The van der Waals surface area contributed by atoms with E-state index >= 15 is 0 Å². The maximum atomic E-state index is 12.7. The molecule has 2 aromatic heterocycles. The number of fused-ring (bicyclic) bond motifs is 4. The Balaban J connectivity index is 0.000000143. The third-order valence-electron chi connectivity index (χ3n) is 13.0. The largest absolute Gasteiger partial charge is 0.333 e. The van der Waals surface area contributed by atoms with Crippen LogP contribution in [0.3, 0.4) is 0 Å². The van der Waals surface area contributed by atoms with Gasteiger partial charge in [-0.1, -0.05) is 12.1 Å². The van der Waals surface area contributed by atoms with Crippen molar-refractivity contribution in [2.24, 2.45) is 10.1 Å². The molecule has 332 valence electrons. The van der Waals surface area contributed by atoms with Gasteiger partial charge in [-0.25, -0.2) is 27.9 Å². The van der Waals surface area contributed by atoms with Gasteiger partial charge >= 0.3 is 6.03 Å². The lowest BCUT2D eigenvalue weighted by Gasteiger charge is -2.16. The van der Waals surface area contributed by atoms with Gasteiger partial charge in [0.05, 0.1) is 18.8 Å². The number of aryl methyl sites for hydroxylation is 4. The topological polar surface area (TPSA) is 207 Å². The fourth-order valence-corrected chi connectivity index (χ4v) is 11.3. The monoisotopic (exact) mass is 886 g/mol. The molecule has 6 aliphatic rings. The lowest BCUT2D eigenvalue weighted by atomic mass is 9.99. The number of nitrogens with one attached hydrogen (secondary N) is 2. The first-order valence-corrected chi connectivity index (χ1v) is 25.3. The first kappa shape index (κ1) is 43.9. The quantitative estimate of drug-likeness (QED) is 0.140. The molecule has 16 nitrogen and oxygen atoms in total. The summed E-state index contributed by atoms with van der Waals surface area (Å²) in [7, 11) is -7.70. The predicted molar refractivity (Wildman–Crippen MR) is 235 cm³/mol. The van der Waals surface area contributed by atoms with Crippen LogP contribution in [-0.4, -0.2) is 97.6 Å². The van der Waals surface area contributed by atoms with Crippen molar-refractivity contribution in [3.63, 3.8) is 0 Å². The second-order valence-electron chi connectivity index (χ2n) is 17.2. The number of isocyanates is 1. The van der Waals surface area contributed by atoms with Crippen molar-refractivity contribution < 1.29 is 26.4 Å². The third kappa shape index (κ3) is 10.4. The number of aromatic nitrogens is 4. The van der Waals surface area contributed by atoms with Gasteiger partial charge in [0, 0.05) is 31.2 Å². The minimum Gasteiger partial charge on any atom is -0.307 e. The number of benzene rings is 2. The number of aliphatic imine (C=N–C) groups is 1. The second kappa shape index (κ2) is 19.4. The second-order valence-corrected chi connectivity index (χ2v) is 20.3. The summed E-state index contributed by atoms with van der Waals surface area (Å²) in [4.78, 5) is 31.8. The van der Waals surface area contributed by atoms with E-state index in [1.165, 1.54) is 95.2 Å². The number of anilines is 1. The molecule has 0 radical (unpaired) electrons. The highest BCUT2D eigenvalue weighted by Gasteiger charge is 2.28. The van der Waals surface area contributed by atoms with Gasteiger partial charge in [0.15, 0.2) is 10.1 Å². The summed E-state index contributed by atoms with van der Waals surface area (Å²) in [5, 5.41) is 15.7. The van der Waals surface area contributed by atoms with E-state index < -0.39 is 26.1 Å². The zero-order valence-electron chi connectivity index (χ0n) is 35.4. The number of urea groups is 1. The molecule has 0 bridgehead atoms. The van der Waals surface area contributed by atoms with E-state index in [1.807, 2.05) is 0 Å². The van der Waals surface area contributed by atoms with Gasteiger partial charge in [-0.05, 0) is 186 Å². The van der Waals surface area contributed by atoms with Crippen LogP contribution in [0.25, 0.3) is 0 Å². The van der Waals surface area contributed by atoms with Gasteiger partial charge in [-0.2, -0.15) is 23.6 Å². The summed E-state index contributed by atoms with van der Waals surface area (Å²) in [6, 6.07) is 6.77. The minimum absolute atomic E-state index is 0.0612. The Kier molecular flexibility index (Phi) is 13.7. The smallest absolute Gasteiger partial charge is 0.307 e. The molecule has 4 heterocycles. The number of nitrogens with two attached hydrogens (primary N) is 1. The van der Waals surface area contributed by atoms with E-state index in [1.54, 1.807) is 27.8 Å². The van der Waals surface area contributed by atoms with Gasteiger partial charge in [-0.3, -0.25) is 9.36 Å². The summed E-state index contributed by atoms with van der Waals surface area (Å²) in [5.74, 6) is 0. The summed E-state index contributed by atoms with van der Waals surface area (Å²) >= 11 is 0. The fraction of sp³-hybridized carbons (Fsp3) is 0.545. The van der Waals surface area contributed by atoms with Crippen molar-refractivity contribution in [1.29, 1.82) is 0 Å². The van der Waals surface area contributed by atoms with Crippen LogP contribution in [0.2, 0.25) is 0 Å². The molecule has 2 aliphatic heterocycles. The lowest BCUT2D eigenvalue weighted by Crippen LogP contribution is -2.35. The van der Waals surface area contributed by atoms with Crippen molar-refractivity contribution >= 4 is 43.5 Å². The fourth-order valence-electron chi connectivity index (χ4n) is 9.98. The molecule has 0 atom stereocenters. The van der Waals surface area contributed by atoms with Crippen LogP contribution in [0.1, 0.15) is 95.9 Å². The van der Waals surface area contributed by atoms with E-state index in [9.17, 15) is 26.4 Å². The zero-order chi connectivity index (χ0) is 43.3. The summed E-state index contributed by atoms with van der Waals surface area (Å²) < 4.78 is 52.8. The van der Waals surface area contributed by atoms with Crippen molar-refractivity contribution in [2.75, 3.05) is 44.6 Å². The van der Waals surface area contributed by atoms with Gasteiger partial charge in [0.1, 0.15) is 0 Å². The number of primary sulfonamides is 1. The molecule has 18 heteroatoms. The van der Waals surface area contributed by atoms with Crippen LogP contribution in [0.15, 0.2) is 51.7 Å². The maximum absolute atomic E-state index is 12.7. The molecule has 4 N–H and O–H groups in total. The van der Waals surface area contributed by atoms with Crippen molar-refractivity contribution in [2.45, 2.75) is 126 Å². The Hall–Kier alpha value is -4.71. The standard InChI is InChI=1S/C22H29N5O3S.C13H13NO.C9H16N4O2S/c28-22(23-21-18-7-3-5-16(18)15-17-6-4-8-19(17)21)25-31(29,30)20-9-12-27(24-20)14-13-26-10-1-2-11-26;15-8-14-13-11-5-1-3-9(11)7-10-4-2-6-12(10)13;10-16(14,15)9-3-6-13(11-9)8-7-12-4-1-2-5-12/h9,12,15H,1-8,10-11,13-14H2,(H2,23,25,28);7H,1-6H2;3,6H,1-2,4-5,7-8H2,(H2,10,14,15). The SMILES string of the molecule is NS(=O)(=O)c1ccn(CCN2CCCC2)n1.O=C(Nc1c2c(cc3c1CCC3)CCC2)NS(=O)(=O)c1ccn(CCN2CCCC2)n1.O=C=Nc1c2c(cc3c1CCC3)CCC2. The van der Waals surface area contributed by atoms with Gasteiger partial charge in [0.25, 0.3) is 20.0 Å². The Morgan fingerprint density at radius 1 is 0.629 bits per heavy atom.